The number of aromatic amines is 1. The minimum Gasteiger partial charge on any atom is -0.330 e. The van der Waals surface area contributed by atoms with Gasteiger partial charge in [-0.2, -0.15) is 5.10 Å². The van der Waals surface area contributed by atoms with E-state index in [1.54, 1.807) is 12.4 Å². The van der Waals surface area contributed by atoms with Gasteiger partial charge < -0.3 is 4.90 Å². The number of piperidine rings is 1. The minimum atomic E-state index is 0.0195. The summed E-state index contributed by atoms with van der Waals surface area (Å²) in [7, 11) is 0. The van der Waals surface area contributed by atoms with Crippen LogP contribution in [0.2, 0.25) is 0 Å². The molecule has 0 spiro atoms. The molecule has 2 aliphatic rings. The highest BCUT2D eigenvalue weighted by molar-refractivity contribution is 5.94. The van der Waals surface area contributed by atoms with Crippen molar-refractivity contribution in [2.75, 3.05) is 6.54 Å². The maximum absolute atomic E-state index is 12.9. The number of aryl methyl sites for hydroxylation is 1. The molecule has 23 heavy (non-hydrogen) atoms. The van der Waals surface area contributed by atoms with Gasteiger partial charge in [-0.1, -0.05) is 0 Å². The molecule has 1 saturated carbocycles. The van der Waals surface area contributed by atoms with E-state index >= 15 is 0 Å². The Morgan fingerprint density at radius 1 is 1.17 bits per heavy atom. The summed E-state index contributed by atoms with van der Waals surface area (Å²) < 4.78 is 0. The smallest absolute Gasteiger partial charge is 0.257 e. The van der Waals surface area contributed by atoms with E-state index in [0.29, 0.717) is 11.5 Å². The molecule has 4 rings (SSSR count). The van der Waals surface area contributed by atoms with E-state index in [1.165, 1.54) is 12.8 Å². The Hall–Kier alpha value is -2.24. The molecule has 2 aromatic rings. The molecule has 0 bridgehead atoms. The van der Waals surface area contributed by atoms with Crippen LogP contribution in [-0.2, 0) is 0 Å². The first kappa shape index (κ1) is 14.4. The molecular formula is C17H21N5O. The van der Waals surface area contributed by atoms with Gasteiger partial charge in [0.15, 0.2) is 0 Å². The fraction of sp³-hybridized carbons (Fsp3) is 0.529. The monoisotopic (exact) mass is 311 g/mol. The summed E-state index contributed by atoms with van der Waals surface area (Å²) in [6.07, 6.45) is 10.7. The predicted octanol–water partition coefficient (Wildman–Crippen LogP) is 2.75. The van der Waals surface area contributed by atoms with Crippen LogP contribution >= 0.6 is 0 Å². The molecule has 6 nitrogen and oxygen atoms in total. The van der Waals surface area contributed by atoms with Crippen LogP contribution < -0.4 is 0 Å². The Kier molecular flexibility index (Phi) is 3.59. The van der Waals surface area contributed by atoms with E-state index in [0.717, 1.165) is 42.9 Å². The number of nitrogens with one attached hydrogen (secondary N) is 1. The number of hydrogen-bond acceptors (Lipinski definition) is 4. The summed E-state index contributed by atoms with van der Waals surface area (Å²) in [6, 6.07) is 0.0712. The highest BCUT2D eigenvalue weighted by Crippen LogP contribution is 2.38. The Balaban J connectivity index is 1.58. The summed E-state index contributed by atoms with van der Waals surface area (Å²) in [6.45, 7) is 2.80. The number of carbonyl (C=O) groups is 1. The average molecular weight is 311 g/mol. The highest BCUT2D eigenvalue weighted by atomic mass is 16.2. The summed E-state index contributed by atoms with van der Waals surface area (Å²) in [5.41, 5.74) is 2.74. The van der Waals surface area contributed by atoms with Crippen LogP contribution in [0.25, 0.3) is 0 Å². The number of hydrogen-bond donors (Lipinski definition) is 1. The van der Waals surface area contributed by atoms with Crippen LogP contribution in [0.5, 0.6) is 0 Å². The third kappa shape index (κ3) is 2.73. The van der Waals surface area contributed by atoms with Gasteiger partial charge in [0.05, 0.1) is 23.5 Å². The SMILES string of the molecule is Cc1cn[nH]c1[C@H]1CCCCN1C(=O)c1cnc(C2CC2)nc1. The molecule has 2 fully saturated rings. The van der Waals surface area contributed by atoms with Gasteiger partial charge in [0.2, 0.25) is 0 Å². The van der Waals surface area contributed by atoms with Crippen molar-refractivity contribution in [3.8, 4) is 0 Å². The van der Waals surface area contributed by atoms with Gasteiger partial charge in [-0.25, -0.2) is 9.97 Å². The second-order valence-electron chi connectivity index (χ2n) is 6.58. The van der Waals surface area contributed by atoms with Crippen LogP contribution in [0.1, 0.15) is 71.5 Å². The molecule has 120 valence electrons. The number of likely N-dealkylation sites (tertiary alicyclic amines) is 1. The maximum Gasteiger partial charge on any atom is 0.257 e. The second kappa shape index (κ2) is 5.76. The van der Waals surface area contributed by atoms with E-state index in [9.17, 15) is 4.79 Å². The van der Waals surface area contributed by atoms with Gasteiger partial charge >= 0.3 is 0 Å². The third-order valence-corrected chi connectivity index (χ3v) is 4.83. The van der Waals surface area contributed by atoms with Gasteiger partial charge in [0.25, 0.3) is 5.91 Å². The van der Waals surface area contributed by atoms with Crippen molar-refractivity contribution < 1.29 is 4.79 Å². The van der Waals surface area contributed by atoms with E-state index in [2.05, 4.69) is 20.2 Å². The van der Waals surface area contributed by atoms with Gasteiger partial charge in [-0.3, -0.25) is 9.89 Å². The van der Waals surface area contributed by atoms with Gasteiger partial charge in [0.1, 0.15) is 5.82 Å². The minimum absolute atomic E-state index is 0.0195. The number of nitrogens with zero attached hydrogens (tertiary/aromatic N) is 4. The molecular weight excluding hydrogens is 290 g/mol. The molecule has 2 aromatic heterocycles. The number of H-pyrrole nitrogens is 1. The predicted molar refractivity (Wildman–Crippen MR) is 85.0 cm³/mol. The lowest BCUT2D eigenvalue weighted by Crippen LogP contribution is -2.39. The van der Waals surface area contributed by atoms with Crippen LogP contribution in [0.15, 0.2) is 18.6 Å². The molecule has 3 heterocycles. The molecule has 1 atom stereocenters. The van der Waals surface area contributed by atoms with Crippen molar-refractivity contribution in [1.82, 2.24) is 25.1 Å². The van der Waals surface area contributed by atoms with Crippen molar-refractivity contribution in [1.29, 1.82) is 0 Å². The number of rotatable bonds is 3. The van der Waals surface area contributed by atoms with E-state index in [1.807, 2.05) is 18.0 Å². The quantitative estimate of drug-likeness (QED) is 0.945. The zero-order valence-electron chi connectivity index (χ0n) is 13.3. The summed E-state index contributed by atoms with van der Waals surface area (Å²) in [4.78, 5) is 23.6. The first-order chi connectivity index (χ1) is 11.2. The third-order valence-electron chi connectivity index (χ3n) is 4.83. The van der Waals surface area contributed by atoms with Gasteiger partial charge in [-0.05, 0) is 44.6 Å². The van der Waals surface area contributed by atoms with Crippen molar-refractivity contribution in [2.24, 2.45) is 0 Å². The first-order valence-corrected chi connectivity index (χ1v) is 8.37. The van der Waals surface area contributed by atoms with Crippen molar-refractivity contribution in [3.05, 3.63) is 41.2 Å². The lowest BCUT2D eigenvalue weighted by Gasteiger charge is -2.35. The Morgan fingerprint density at radius 2 is 1.96 bits per heavy atom. The molecule has 0 aromatic carbocycles. The second-order valence-corrected chi connectivity index (χ2v) is 6.58. The normalized spacial score (nSPS) is 21.4. The molecule has 1 saturated heterocycles. The summed E-state index contributed by atoms with van der Waals surface area (Å²) in [5.74, 6) is 1.40. The van der Waals surface area contributed by atoms with Crippen molar-refractivity contribution in [3.63, 3.8) is 0 Å². The van der Waals surface area contributed by atoms with Gasteiger partial charge in [-0.15, -0.1) is 0 Å². The fourth-order valence-electron chi connectivity index (χ4n) is 3.34. The molecule has 1 aliphatic carbocycles. The molecule has 0 radical (unpaired) electrons. The lowest BCUT2D eigenvalue weighted by molar-refractivity contribution is 0.0604. The van der Waals surface area contributed by atoms with Crippen LogP contribution in [0.3, 0.4) is 0 Å². The molecule has 1 amide bonds. The molecule has 6 heteroatoms. The van der Waals surface area contributed by atoms with E-state index in [4.69, 9.17) is 0 Å². The topological polar surface area (TPSA) is 74.8 Å². The van der Waals surface area contributed by atoms with E-state index in [-0.39, 0.29) is 11.9 Å². The lowest BCUT2D eigenvalue weighted by atomic mass is 9.97. The van der Waals surface area contributed by atoms with Crippen molar-refractivity contribution >= 4 is 5.91 Å². The standard InChI is InChI=1S/C17H21N5O/c1-11-8-20-21-15(11)14-4-2-3-7-22(14)17(23)13-9-18-16(19-10-13)12-5-6-12/h8-10,12,14H,2-7H2,1H3,(H,20,21)/t14-/m1/s1. The Labute approximate surface area is 135 Å². The van der Waals surface area contributed by atoms with Crippen LogP contribution in [-0.4, -0.2) is 37.5 Å². The summed E-state index contributed by atoms with van der Waals surface area (Å²) in [5, 5.41) is 7.18. The van der Waals surface area contributed by atoms with Crippen molar-refractivity contribution in [2.45, 2.75) is 51.0 Å². The Morgan fingerprint density at radius 3 is 2.61 bits per heavy atom. The van der Waals surface area contributed by atoms with Crippen LogP contribution in [0, 0.1) is 6.92 Å². The van der Waals surface area contributed by atoms with Gasteiger partial charge in [0, 0.05) is 24.9 Å². The maximum atomic E-state index is 12.9. The number of carbonyl (C=O) groups excluding carboxylic acids is 1. The molecule has 0 unspecified atom stereocenters. The van der Waals surface area contributed by atoms with Crippen LogP contribution in [0.4, 0.5) is 0 Å². The number of aromatic nitrogens is 4. The van der Waals surface area contributed by atoms with E-state index < -0.39 is 0 Å². The highest BCUT2D eigenvalue weighted by Gasteiger charge is 2.31. The zero-order chi connectivity index (χ0) is 15.8. The molecule has 1 aliphatic heterocycles. The number of amides is 1. The fourth-order valence-corrected chi connectivity index (χ4v) is 3.34. The summed E-state index contributed by atoms with van der Waals surface area (Å²) >= 11 is 0. The average Bonchev–Trinajstić information content (AvgIpc) is 3.36. The first-order valence-electron chi connectivity index (χ1n) is 8.37. The Bertz CT molecular complexity index is 704. The largest absolute Gasteiger partial charge is 0.330 e. The zero-order valence-corrected chi connectivity index (χ0v) is 13.3. The molecule has 1 N–H and O–H groups in total.